The molecule has 2 N–H and O–H groups in total. The molecular formula is C21H20F4N2O. The first kappa shape index (κ1) is 19.9. The van der Waals surface area contributed by atoms with Gasteiger partial charge in [-0.15, -0.1) is 0 Å². The molecule has 28 heavy (non-hydrogen) atoms. The summed E-state index contributed by atoms with van der Waals surface area (Å²) in [5.74, 6) is -2.33. The molecule has 0 aliphatic rings. The molecule has 1 aromatic heterocycles. The minimum absolute atomic E-state index is 0.131. The molecule has 7 heteroatoms. The van der Waals surface area contributed by atoms with E-state index in [0.717, 1.165) is 6.07 Å². The SMILES string of the molecule is CC(C)(CF)C(=O)NCCc1c(-c2ccc(F)cc2)[nH]c2c(F)cc(F)cc12. The van der Waals surface area contributed by atoms with Gasteiger partial charge in [-0.2, -0.15) is 0 Å². The first-order chi connectivity index (χ1) is 13.2. The largest absolute Gasteiger partial charge is 0.355 e. The predicted molar refractivity (Wildman–Crippen MR) is 100 cm³/mol. The van der Waals surface area contributed by atoms with Gasteiger partial charge in [0.2, 0.25) is 5.91 Å². The molecule has 0 aliphatic heterocycles. The molecule has 0 radical (unpaired) electrons. The van der Waals surface area contributed by atoms with E-state index in [0.29, 0.717) is 22.2 Å². The second-order valence-electron chi connectivity index (χ2n) is 7.32. The molecule has 0 aliphatic carbocycles. The van der Waals surface area contributed by atoms with Crippen LogP contribution in [0.25, 0.3) is 22.2 Å². The van der Waals surface area contributed by atoms with Gasteiger partial charge in [-0.1, -0.05) is 0 Å². The Morgan fingerprint density at radius 1 is 1.07 bits per heavy atom. The highest BCUT2D eigenvalue weighted by Gasteiger charge is 2.27. The Morgan fingerprint density at radius 3 is 2.39 bits per heavy atom. The Labute approximate surface area is 159 Å². The number of alkyl halides is 1. The lowest BCUT2D eigenvalue weighted by Crippen LogP contribution is -2.39. The van der Waals surface area contributed by atoms with Crippen LogP contribution in [0.4, 0.5) is 17.6 Å². The van der Waals surface area contributed by atoms with Crippen molar-refractivity contribution >= 4 is 16.8 Å². The average molecular weight is 392 g/mol. The quantitative estimate of drug-likeness (QED) is 0.576. The van der Waals surface area contributed by atoms with E-state index in [-0.39, 0.29) is 18.5 Å². The van der Waals surface area contributed by atoms with Crippen molar-refractivity contribution in [3.05, 3.63) is 59.4 Å². The van der Waals surface area contributed by atoms with Crippen LogP contribution in [-0.4, -0.2) is 24.1 Å². The third kappa shape index (κ3) is 3.88. The van der Waals surface area contributed by atoms with Gasteiger partial charge in [-0.25, -0.2) is 17.6 Å². The zero-order chi connectivity index (χ0) is 20.5. The van der Waals surface area contributed by atoms with Crippen LogP contribution in [-0.2, 0) is 11.2 Å². The molecule has 0 spiro atoms. The van der Waals surface area contributed by atoms with Crippen LogP contribution in [0.2, 0.25) is 0 Å². The maximum absolute atomic E-state index is 14.2. The number of aromatic amines is 1. The molecule has 3 rings (SSSR count). The Kier molecular flexibility index (Phi) is 5.45. The lowest BCUT2D eigenvalue weighted by Gasteiger charge is -2.19. The predicted octanol–water partition coefficient (Wildman–Crippen LogP) is 4.91. The maximum Gasteiger partial charge on any atom is 0.228 e. The van der Waals surface area contributed by atoms with Crippen molar-refractivity contribution in [1.82, 2.24) is 10.3 Å². The van der Waals surface area contributed by atoms with Gasteiger partial charge in [0, 0.05) is 23.7 Å². The molecule has 0 fully saturated rings. The number of aromatic nitrogens is 1. The lowest BCUT2D eigenvalue weighted by molar-refractivity contribution is -0.130. The molecule has 3 aromatic rings. The van der Waals surface area contributed by atoms with Crippen molar-refractivity contribution in [3.8, 4) is 11.3 Å². The molecular weight excluding hydrogens is 372 g/mol. The maximum atomic E-state index is 14.2. The van der Waals surface area contributed by atoms with E-state index < -0.39 is 35.4 Å². The monoisotopic (exact) mass is 392 g/mol. The van der Waals surface area contributed by atoms with Gasteiger partial charge in [0.1, 0.15) is 24.1 Å². The fourth-order valence-electron chi connectivity index (χ4n) is 3.00. The summed E-state index contributed by atoms with van der Waals surface area (Å²) in [6.45, 7) is 2.33. The van der Waals surface area contributed by atoms with Crippen molar-refractivity contribution < 1.29 is 22.4 Å². The zero-order valence-corrected chi connectivity index (χ0v) is 15.5. The number of halogens is 4. The number of H-pyrrole nitrogens is 1. The third-order valence-corrected chi connectivity index (χ3v) is 4.67. The Bertz CT molecular complexity index is 1010. The van der Waals surface area contributed by atoms with Gasteiger partial charge in [0.15, 0.2) is 0 Å². The molecule has 2 aromatic carbocycles. The number of amides is 1. The van der Waals surface area contributed by atoms with Gasteiger partial charge in [-0.3, -0.25) is 4.79 Å². The van der Waals surface area contributed by atoms with E-state index in [1.54, 1.807) is 0 Å². The number of carbonyl (C=O) groups excluding carboxylic acids is 1. The molecule has 0 saturated carbocycles. The van der Waals surface area contributed by atoms with E-state index in [1.165, 1.54) is 44.2 Å². The van der Waals surface area contributed by atoms with E-state index in [2.05, 4.69) is 10.3 Å². The molecule has 1 amide bonds. The highest BCUT2D eigenvalue weighted by atomic mass is 19.1. The van der Waals surface area contributed by atoms with Gasteiger partial charge < -0.3 is 10.3 Å². The van der Waals surface area contributed by atoms with Crippen molar-refractivity contribution in [1.29, 1.82) is 0 Å². The second-order valence-corrected chi connectivity index (χ2v) is 7.32. The van der Waals surface area contributed by atoms with Crippen LogP contribution in [0.3, 0.4) is 0 Å². The standard InChI is InChI=1S/C21H20F4N2O/c1-21(2,11-22)20(28)26-8-7-15-16-9-14(24)10-17(25)19(16)27-18(15)12-3-5-13(23)6-4-12/h3-6,9-10,27H,7-8,11H2,1-2H3,(H,26,28). The summed E-state index contributed by atoms with van der Waals surface area (Å²) < 4.78 is 54.2. The molecule has 0 unspecified atom stereocenters. The molecule has 3 nitrogen and oxygen atoms in total. The van der Waals surface area contributed by atoms with Crippen LogP contribution in [0.5, 0.6) is 0 Å². The van der Waals surface area contributed by atoms with Crippen LogP contribution >= 0.6 is 0 Å². The summed E-state index contributed by atoms with van der Waals surface area (Å²) in [7, 11) is 0. The van der Waals surface area contributed by atoms with E-state index in [9.17, 15) is 22.4 Å². The van der Waals surface area contributed by atoms with Crippen molar-refractivity contribution in [3.63, 3.8) is 0 Å². The van der Waals surface area contributed by atoms with Gasteiger partial charge in [0.05, 0.1) is 10.9 Å². The van der Waals surface area contributed by atoms with Crippen LogP contribution in [0, 0.1) is 22.9 Å². The van der Waals surface area contributed by atoms with E-state index in [1.807, 2.05) is 0 Å². The normalized spacial score (nSPS) is 11.8. The molecule has 0 saturated heterocycles. The number of benzene rings is 2. The summed E-state index contributed by atoms with van der Waals surface area (Å²) >= 11 is 0. The number of rotatable bonds is 6. The number of nitrogens with one attached hydrogen (secondary N) is 2. The number of hydrogen-bond donors (Lipinski definition) is 2. The number of fused-ring (bicyclic) bond motifs is 1. The topological polar surface area (TPSA) is 44.9 Å². The first-order valence-corrected chi connectivity index (χ1v) is 8.83. The summed E-state index contributed by atoms with van der Waals surface area (Å²) in [4.78, 5) is 15.0. The Hall–Kier alpha value is -2.83. The van der Waals surface area contributed by atoms with Crippen molar-refractivity contribution in [2.24, 2.45) is 5.41 Å². The molecule has 0 atom stereocenters. The van der Waals surface area contributed by atoms with Crippen LogP contribution in [0.1, 0.15) is 19.4 Å². The first-order valence-electron chi connectivity index (χ1n) is 8.83. The van der Waals surface area contributed by atoms with Crippen molar-refractivity contribution in [2.75, 3.05) is 13.2 Å². The minimum Gasteiger partial charge on any atom is -0.355 e. The molecule has 1 heterocycles. The highest BCUT2D eigenvalue weighted by molar-refractivity contribution is 5.91. The van der Waals surface area contributed by atoms with Crippen LogP contribution in [0.15, 0.2) is 36.4 Å². The van der Waals surface area contributed by atoms with Crippen molar-refractivity contribution in [2.45, 2.75) is 20.3 Å². The summed E-state index contributed by atoms with van der Waals surface area (Å²) in [5, 5.41) is 3.00. The van der Waals surface area contributed by atoms with Crippen LogP contribution < -0.4 is 5.32 Å². The fraction of sp³-hybridized carbons (Fsp3) is 0.286. The van der Waals surface area contributed by atoms with Gasteiger partial charge >= 0.3 is 0 Å². The van der Waals surface area contributed by atoms with Gasteiger partial charge in [-0.05, 0) is 61.7 Å². The smallest absolute Gasteiger partial charge is 0.228 e. The van der Waals surface area contributed by atoms with E-state index in [4.69, 9.17) is 0 Å². The lowest BCUT2D eigenvalue weighted by atomic mass is 9.94. The highest BCUT2D eigenvalue weighted by Crippen LogP contribution is 2.32. The summed E-state index contributed by atoms with van der Waals surface area (Å²) in [5.41, 5.74) is 0.670. The van der Waals surface area contributed by atoms with Gasteiger partial charge in [0.25, 0.3) is 0 Å². The number of hydrogen-bond acceptors (Lipinski definition) is 1. The number of carbonyl (C=O) groups is 1. The second kappa shape index (κ2) is 7.66. The zero-order valence-electron chi connectivity index (χ0n) is 15.5. The fourth-order valence-corrected chi connectivity index (χ4v) is 3.00. The Morgan fingerprint density at radius 2 is 1.75 bits per heavy atom. The summed E-state index contributed by atoms with van der Waals surface area (Å²) in [6, 6.07) is 7.60. The Balaban J connectivity index is 1.98. The molecule has 148 valence electrons. The minimum atomic E-state index is -1.15. The summed E-state index contributed by atoms with van der Waals surface area (Å²) in [6.07, 6.45) is 0.254. The molecule has 0 bridgehead atoms. The third-order valence-electron chi connectivity index (χ3n) is 4.67. The van der Waals surface area contributed by atoms with E-state index >= 15 is 0 Å². The average Bonchev–Trinajstić information content (AvgIpc) is 3.01.